The monoisotopic (exact) mass is 374 g/mol. The number of carbonyl (C=O) groups is 1. The van der Waals surface area contributed by atoms with E-state index in [2.05, 4.69) is 20.4 Å². The summed E-state index contributed by atoms with van der Waals surface area (Å²) in [4.78, 5) is 33.4. The van der Waals surface area contributed by atoms with Crippen molar-refractivity contribution in [3.05, 3.63) is 71.4 Å². The molecule has 0 bridgehead atoms. The minimum atomic E-state index is -0.212. The maximum Gasteiger partial charge on any atom is 0.261 e. The van der Waals surface area contributed by atoms with Crippen LogP contribution in [-0.2, 0) is 18.4 Å². The molecule has 1 amide bonds. The van der Waals surface area contributed by atoms with Crippen LogP contribution in [0.4, 0.5) is 5.82 Å². The maximum atomic E-state index is 12.5. The number of aromatic nitrogens is 5. The van der Waals surface area contributed by atoms with Crippen molar-refractivity contribution >= 4 is 22.6 Å². The zero-order valence-corrected chi connectivity index (χ0v) is 15.2. The Morgan fingerprint density at radius 3 is 2.71 bits per heavy atom. The number of hydrogen-bond donors (Lipinski definition) is 1. The molecule has 4 aromatic rings. The first kappa shape index (κ1) is 17.6. The van der Waals surface area contributed by atoms with Gasteiger partial charge in [0.25, 0.3) is 5.56 Å². The number of hydrogen-bond acceptors (Lipinski definition) is 5. The fourth-order valence-corrected chi connectivity index (χ4v) is 2.92. The van der Waals surface area contributed by atoms with Crippen molar-refractivity contribution in [1.29, 1.82) is 0 Å². The van der Waals surface area contributed by atoms with Gasteiger partial charge in [0.1, 0.15) is 11.5 Å². The van der Waals surface area contributed by atoms with Gasteiger partial charge >= 0.3 is 0 Å². The molecule has 0 aliphatic rings. The summed E-state index contributed by atoms with van der Waals surface area (Å²) < 4.78 is 3.04. The van der Waals surface area contributed by atoms with Crippen LogP contribution >= 0.6 is 0 Å². The molecule has 8 nitrogen and oxygen atoms in total. The third-order valence-electron chi connectivity index (χ3n) is 4.39. The summed E-state index contributed by atoms with van der Waals surface area (Å²) in [5.74, 6) is 0.352. The second-order valence-corrected chi connectivity index (χ2v) is 6.31. The van der Waals surface area contributed by atoms with Crippen LogP contribution in [0.5, 0.6) is 0 Å². The number of fused-ring (bicyclic) bond motifs is 1. The molecule has 4 rings (SSSR count). The number of amides is 1. The molecule has 0 spiro atoms. The lowest BCUT2D eigenvalue weighted by molar-refractivity contribution is -0.116. The van der Waals surface area contributed by atoms with E-state index in [4.69, 9.17) is 0 Å². The molecule has 0 radical (unpaired) electrons. The average molecular weight is 374 g/mol. The number of rotatable bonds is 5. The minimum absolute atomic E-state index is 0.143. The molecule has 3 aromatic heterocycles. The highest BCUT2D eigenvalue weighted by atomic mass is 16.2. The van der Waals surface area contributed by atoms with Gasteiger partial charge in [0, 0.05) is 32.3 Å². The number of para-hydroxylation sites is 1. The second-order valence-electron chi connectivity index (χ2n) is 6.31. The zero-order chi connectivity index (χ0) is 19.5. The van der Waals surface area contributed by atoms with Gasteiger partial charge in [-0.25, -0.2) is 4.98 Å². The molecule has 3 heterocycles. The summed E-state index contributed by atoms with van der Waals surface area (Å²) in [6.45, 7) is 0.244. The molecule has 0 saturated heterocycles. The lowest BCUT2D eigenvalue weighted by Crippen LogP contribution is -2.24. The van der Waals surface area contributed by atoms with Crippen molar-refractivity contribution in [2.75, 3.05) is 5.32 Å². The van der Waals surface area contributed by atoms with Crippen molar-refractivity contribution < 1.29 is 4.79 Å². The Balaban J connectivity index is 1.45. The Hall–Kier alpha value is -3.81. The molecule has 0 saturated carbocycles. The molecule has 140 valence electrons. The Morgan fingerprint density at radius 1 is 1.07 bits per heavy atom. The number of nitrogens with one attached hydrogen (secondary N) is 1. The van der Waals surface area contributed by atoms with Gasteiger partial charge in [-0.3, -0.25) is 23.8 Å². The van der Waals surface area contributed by atoms with Crippen molar-refractivity contribution in [2.24, 2.45) is 7.05 Å². The van der Waals surface area contributed by atoms with Crippen LogP contribution in [0, 0.1) is 0 Å². The molecule has 1 aromatic carbocycles. The van der Waals surface area contributed by atoms with Gasteiger partial charge in [0.05, 0.1) is 22.9 Å². The highest BCUT2D eigenvalue weighted by Crippen LogP contribution is 2.19. The summed E-state index contributed by atoms with van der Waals surface area (Å²) in [5.41, 5.74) is 1.89. The minimum Gasteiger partial charge on any atom is -0.311 e. The normalized spacial score (nSPS) is 10.9. The average Bonchev–Trinajstić information content (AvgIpc) is 3.09. The maximum absolute atomic E-state index is 12.5. The Bertz CT molecular complexity index is 1200. The predicted octanol–water partition coefficient (Wildman–Crippen LogP) is 2.22. The molecule has 1 N–H and O–H groups in total. The van der Waals surface area contributed by atoms with E-state index in [1.54, 1.807) is 42.2 Å². The molecule has 28 heavy (non-hydrogen) atoms. The van der Waals surface area contributed by atoms with E-state index in [0.29, 0.717) is 22.4 Å². The van der Waals surface area contributed by atoms with Crippen molar-refractivity contribution in [2.45, 2.75) is 13.0 Å². The van der Waals surface area contributed by atoms with Crippen molar-refractivity contribution in [3.8, 4) is 11.4 Å². The molecule has 0 aliphatic carbocycles. The van der Waals surface area contributed by atoms with Gasteiger partial charge in [-0.2, -0.15) is 5.10 Å². The van der Waals surface area contributed by atoms with Crippen LogP contribution in [0.3, 0.4) is 0 Å². The molecule has 8 heteroatoms. The smallest absolute Gasteiger partial charge is 0.261 e. The lowest BCUT2D eigenvalue weighted by atomic mass is 10.2. The van der Waals surface area contributed by atoms with Gasteiger partial charge in [0.2, 0.25) is 5.91 Å². The molecular weight excluding hydrogens is 356 g/mol. The van der Waals surface area contributed by atoms with E-state index >= 15 is 0 Å². The van der Waals surface area contributed by atoms with Crippen molar-refractivity contribution in [1.82, 2.24) is 24.3 Å². The van der Waals surface area contributed by atoms with E-state index in [-0.39, 0.29) is 24.4 Å². The first-order valence-electron chi connectivity index (χ1n) is 8.81. The number of benzene rings is 1. The fourth-order valence-electron chi connectivity index (χ4n) is 2.92. The number of pyridine rings is 1. The van der Waals surface area contributed by atoms with Crippen LogP contribution in [0.25, 0.3) is 22.3 Å². The number of nitrogens with zero attached hydrogens (tertiary/aromatic N) is 5. The molecule has 0 unspecified atom stereocenters. The molecule has 0 aliphatic heterocycles. The fraction of sp³-hybridized carbons (Fsp3) is 0.150. The summed E-state index contributed by atoms with van der Waals surface area (Å²) in [6.07, 6.45) is 3.31. The SMILES string of the molecule is Cn1nc(-c2ccccn2)cc1NC(=O)CCn1cnc2ccccc2c1=O. The van der Waals surface area contributed by atoms with Crippen LogP contribution < -0.4 is 10.9 Å². The first-order valence-corrected chi connectivity index (χ1v) is 8.81. The van der Waals surface area contributed by atoms with E-state index < -0.39 is 0 Å². The zero-order valence-electron chi connectivity index (χ0n) is 15.2. The lowest BCUT2D eigenvalue weighted by Gasteiger charge is -2.07. The quantitative estimate of drug-likeness (QED) is 0.578. The molecule has 0 atom stereocenters. The number of carbonyl (C=O) groups excluding carboxylic acids is 1. The van der Waals surface area contributed by atoms with Crippen molar-refractivity contribution in [3.63, 3.8) is 0 Å². The third-order valence-corrected chi connectivity index (χ3v) is 4.39. The van der Waals surface area contributed by atoms with E-state index in [1.807, 2.05) is 24.3 Å². The topological polar surface area (TPSA) is 94.7 Å². The largest absolute Gasteiger partial charge is 0.311 e. The third kappa shape index (κ3) is 3.52. The standard InChI is InChI=1S/C20H18N6O2/c1-25-18(12-17(24-25)16-8-4-5-10-21-16)23-19(27)9-11-26-13-22-15-7-3-2-6-14(15)20(26)28/h2-8,10,12-13H,9,11H2,1H3,(H,23,27). The molecule has 0 fully saturated rings. The van der Waals surface area contributed by atoms with E-state index in [0.717, 1.165) is 5.69 Å². The van der Waals surface area contributed by atoms with Crippen LogP contribution in [0.1, 0.15) is 6.42 Å². The Morgan fingerprint density at radius 2 is 1.89 bits per heavy atom. The van der Waals surface area contributed by atoms with Crippen LogP contribution in [0.15, 0.2) is 65.8 Å². The van der Waals surface area contributed by atoms with Gasteiger partial charge in [-0.05, 0) is 24.3 Å². The van der Waals surface area contributed by atoms with E-state index in [1.165, 1.54) is 10.9 Å². The molecular formula is C20H18N6O2. The Labute approximate surface area is 160 Å². The van der Waals surface area contributed by atoms with E-state index in [9.17, 15) is 9.59 Å². The summed E-state index contributed by atoms with van der Waals surface area (Å²) in [7, 11) is 1.75. The predicted molar refractivity (Wildman–Crippen MR) is 106 cm³/mol. The van der Waals surface area contributed by atoms with Crippen LogP contribution in [0.2, 0.25) is 0 Å². The summed E-state index contributed by atoms with van der Waals surface area (Å²) in [5, 5.41) is 7.74. The van der Waals surface area contributed by atoms with Crippen LogP contribution in [-0.4, -0.2) is 30.2 Å². The first-order chi connectivity index (χ1) is 13.6. The highest BCUT2D eigenvalue weighted by molar-refractivity contribution is 5.90. The van der Waals surface area contributed by atoms with Gasteiger partial charge in [0.15, 0.2) is 0 Å². The van der Waals surface area contributed by atoms with Gasteiger partial charge in [-0.1, -0.05) is 18.2 Å². The number of anilines is 1. The Kier molecular flexibility index (Phi) is 4.67. The van der Waals surface area contributed by atoms with Gasteiger partial charge < -0.3 is 5.32 Å². The second kappa shape index (κ2) is 7.43. The number of aryl methyl sites for hydroxylation is 2. The summed E-state index contributed by atoms with van der Waals surface area (Å²) in [6, 6.07) is 14.5. The summed E-state index contributed by atoms with van der Waals surface area (Å²) >= 11 is 0. The highest BCUT2D eigenvalue weighted by Gasteiger charge is 2.12. The van der Waals surface area contributed by atoms with Gasteiger partial charge in [-0.15, -0.1) is 0 Å².